The minimum atomic E-state index is -3.53. The van der Waals surface area contributed by atoms with Gasteiger partial charge in [-0.25, -0.2) is 8.42 Å². The Morgan fingerprint density at radius 2 is 1.93 bits per heavy atom. The third-order valence-electron chi connectivity index (χ3n) is 5.81. The van der Waals surface area contributed by atoms with Gasteiger partial charge >= 0.3 is 0 Å². The highest BCUT2D eigenvalue weighted by atomic mass is 79.9. The molecule has 1 aromatic carbocycles. The molecule has 0 aliphatic carbocycles. The minimum absolute atomic E-state index is 0.187. The Morgan fingerprint density at radius 1 is 1.17 bits per heavy atom. The van der Waals surface area contributed by atoms with Gasteiger partial charge in [-0.3, -0.25) is 4.79 Å². The van der Waals surface area contributed by atoms with E-state index in [0.717, 1.165) is 38.1 Å². The van der Waals surface area contributed by atoms with Gasteiger partial charge in [-0.1, -0.05) is 6.92 Å². The van der Waals surface area contributed by atoms with Crippen molar-refractivity contribution in [2.24, 2.45) is 5.92 Å². The second-order valence-electron chi connectivity index (χ2n) is 8.26. The monoisotopic (exact) mass is 485 g/mol. The van der Waals surface area contributed by atoms with Gasteiger partial charge in [0.05, 0.1) is 10.5 Å². The molecule has 0 spiro atoms. The smallest absolute Gasteiger partial charge is 0.252 e. The number of benzene rings is 1. The summed E-state index contributed by atoms with van der Waals surface area (Å²) in [5.41, 5.74) is 0.370. The first-order valence-electron chi connectivity index (χ1n) is 10.7. The molecule has 1 atom stereocenters. The van der Waals surface area contributed by atoms with Gasteiger partial charge in [-0.2, -0.15) is 4.31 Å². The number of carbonyl (C=O) groups excluding carboxylic acids is 1. The maximum atomic E-state index is 12.8. The molecule has 29 heavy (non-hydrogen) atoms. The molecule has 1 N–H and O–H groups in total. The summed E-state index contributed by atoms with van der Waals surface area (Å²) >= 11 is 3.39. The van der Waals surface area contributed by atoms with E-state index in [9.17, 15) is 13.2 Å². The van der Waals surface area contributed by atoms with Crippen LogP contribution in [0.25, 0.3) is 0 Å². The van der Waals surface area contributed by atoms with E-state index in [1.54, 1.807) is 12.1 Å². The fourth-order valence-electron chi connectivity index (χ4n) is 4.16. The van der Waals surface area contributed by atoms with E-state index in [-0.39, 0.29) is 10.8 Å². The number of unbranched alkanes of at least 4 members (excludes halogenated alkanes) is 1. The Morgan fingerprint density at radius 3 is 2.66 bits per heavy atom. The van der Waals surface area contributed by atoms with Crippen molar-refractivity contribution >= 4 is 31.9 Å². The fourth-order valence-corrected chi connectivity index (χ4v) is 6.13. The number of piperidine rings is 1. The molecule has 1 unspecified atom stereocenters. The number of rotatable bonds is 8. The lowest BCUT2D eigenvalue weighted by molar-refractivity contribution is 0.0951. The molecule has 0 radical (unpaired) electrons. The molecule has 1 aromatic rings. The van der Waals surface area contributed by atoms with E-state index in [1.165, 1.54) is 36.3 Å². The van der Waals surface area contributed by atoms with E-state index in [2.05, 4.69) is 33.1 Å². The molecule has 2 saturated heterocycles. The van der Waals surface area contributed by atoms with Crippen LogP contribution in [0.4, 0.5) is 0 Å². The molecule has 0 aromatic heterocycles. The van der Waals surface area contributed by atoms with Crippen LogP contribution in [-0.2, 0) is 10.0 Å². The summed E-state index contributed by atoms with van der Waals surface area (Å²) in [5.74, 6) is 0.548. The maximum Gasteiger partial charge on any atom is 0.252 e. The molecule has 1 amide bonds. The number of likely N-dealkylation sites (tertiary alicyclic amines) is 1. The quantitative estimate of drug-likeness (QED) is 0.572. The number of carbonyl (C=O) groups is 1. The van der Waals surface area contributed by atoms with Gasteiger partial charge in [0, 0.05) is 30.7 Å². The number of amides is 1. The average Bonchev–Trinajstić information content (AvgIpc) is 3.23. The molecule has 2 fully saturated rings. The Labute approximate surface area is 183 Å². The van der Waals surface area contributed by atoms with Crippen LogP contribution < -0.4 is 5.32 Å². The third kappa shape index (κ3) is 6.03. The molecular weight excluding hydrogens is 454 g/mol. The summed E-state index contributed by atoms with van der Waals surface area (Å²) in [6, 6.07) is 4.70. The zero-order valence-corrected chi connectivity index (χ0v) is 19.6. The van der Waals surface area contributed by atoms with Crippen LogP contribution >= 0.6 is 15.9 Å². The van der Waals surface area contributed by atoms with Crippen LogP contribution in [0.5, 0.6) is 0 Å². The van der Waals surface area contributed by atoms with Crippen molar-refractivity contribution < 1.29 is 13.2 Å². The first kappa shape index (κ1) is 22.7. The number of hydrogen-bond donors (Lipinski definition) is 1. The topological polar surface area (TPSA) is 69.7 Å². The van der Waals surface area contributed by atoms with E-state index >= 15 is 0 Å². The van der Waals surface area contributed by atoms with E-state index in [4.69, 9.17) is 0 Å². The predicted octanol–water partition coefficient (Wildman–Crippen LogP) is 3.48. The SMILES string of the molecule is CC1CCCN(CCCCNC(=O)c2cc(S(=O)(=O)N3CCCC3)ccc2Br)C1. The largest absolute Gasteiger partial charge is 0.352 e. The molecule has 0 bridgehead atoms. The summed E-state index contributed by atoms with van der Waals surface area (Å²) in [5, 5.41) is 2.94. The van der Waals surface area contributed by atoms with Crippen molar-refractivity contribution in [3.8, 4) is 0 Å². The summed E-state index contributed by atoms with van der Waals surface area (Å²) in [7, 11) is -3.53. The van der Waals surface area contributed by atoms with E-state index < -0.39 is 10.0 Å². The Bertz CT molecular complexity index is 809. The molecule has 2 aliphatic heterocycles. The van der Waals surface area contributed by atoms with E-state index in [1.807, 2.05) is 0 Å². The second-order valence-corrected chi connectivity index (χ2v) is 11.1. The van der Waals surface area contributed by atoms with Crippen LogP contribution in [-0.4, -0.2) is 62.8 Å². The standard InChI is InChI=1S/C21H32BrN3O3S/c1-17-7-6-12-24(16-17)11-3-2-10-23-21(26)19-15-18(8-9-20(19)22)29(27,28)25-13-4-5-14-25/h8-9,15,17H,2-7,10-14,16H2,1H3,(H,23,26). The first-order chi connectivity index (χ1) is 13.9. The first-order valence-corrected chi connectivity index (χ1v) is 12.9. The Balaban J connectivity index is 1.51. The predicted molar refractivity (Wildman–Crippen MR) is 119 cm³/mol. The van der Waals surface area contributed by atoms with E-state index in [0.29, 0.717) is 29.7 Å². The van der Waals surface area contributed by atoms with Crippen LogP contribution in [0.3, 0.4) is 0 Å². The minimum Gasteiger partial charge on any atom is -0.352 e. The molecular formula is C21H32BrN3O3S. The summed E-state index contributed by atoms with van der Waals surface area (Å²) < 4.78 is 27.6. The number of hydrogen-bond acceptors (Lipinski definition) is 4. The lowest BCUT2D eigenvalue weighted by Gasteiger charge is -2.30. The number of halogens is 1. The molecule has 162 valence electrons. The molecule has 3 rings (SSSR count). The summed E-state index contributed by atoms with van der Waals surface area (Å²) in [4.78, 5) is 15.3. The molecule has 6 nitrogen and oxygen atoms in total. The van der Waals surface area contributed by atoms with Gasteiger partial charge in [0.15, 0.2) is 0 Å². The van der Waals surface area contributed by atoms with Gasteiger partial charge in [0.2, 0.25) is 10.0 Å². The number of nitrogens with one attached hydrogen (secondary N) is 1. The molecule has 2 heterocycles. The summed E-state index contributed by atoms with van der Waals surface area (Å²) in [6.07, 6.45) is 6.35. The number of sulfonamides is 1. The van der Waals surface area contributed by atoms with Crippen molar-refractivity contribution in [1.82, 2.24) is 14.5 Å². The number of nitrogens with zero attached hydrogens (tertiary/aromatic N) is 2. The van der Waals surface area contributed by atoms with Gasteiger partial charge in [-0.15, -0.1) is 0 Å². The van der Waals surface area contributed by atoms with Crippen molar-refractivity contribution in [2.45, 2.75) is 50.3 Å². The zero-order valence-electron chi connectivity index (χ0n) is 17.2. The lowest BCUT2D eigenvalue weighted by Crippen LogP contribution is -2.35. The van der Waals surface area contributed by atoms with Gasteiger partial charge in [0.25, 0.3) is 5.91 Å². The lowest BCUT2D eigenvalue weighted by atomic mass is 10.0. The fraction of sp³-hybridized carbons (Fsp3) is 0.667. The molecule has 0 saturated carbocycles. The highest BCUT2D eigenvalue weighted by Crippen LogP contribution is 2.25. The normalized spacial score (nSPS) is 21.4. The molecule has 2 aliphatic rings. The van der Waals surface area contributed by atoms with Crippen LogP contribution in [0.1, 0.15) is 55.8 Å². The average molecular weight is 486 g/mol. The van der Waals surface area contributed by atoms with Gasteiger partial charge in [-0.05, 0) is 91.7 Å². The highest BCUT2D eigenvalue weighted by Gasteiger charge is 2.28. The van der Waals surface area contributed by atoms with Crippen molar-refractivity contribution in [2.75, 3.05) is 39.3 Å². The van der Waals surface area contributed by atoms with Crippen LogP contribution in [0.2, 0.25) is 0 Å². The van der Waals surface area contributed by atoms with Gasteiger partial charge < -0.3 is 10.2 Å². The Kier molecular flexibility index (Phi) is 8.13. The highest BCUT2D eigenvalue weighted by molar-refractivity contribution is 9.10. The second kappa shape index (κ2) is 10.4. The van der Waals surface area contributed by atoms with Crippen LogP contribution in [0, 0.1) is 5.92 Å². The maximum absolute atomic E-state index is 12.8. The summed E-state index contributed by atoms with van der Waals surface area (Å²) in [6.45, 7) is 7.44. The zero-order chi connectivity index (χ0) is 20.9. The van der Waals surface area contributed by atoms with Crippen molar-refractivity contribution in [1.29, 1.82) is 0 Å². The van der Waals surface area contributed by atoms with Crippen molar-refractivity contribution in [3.63, 3.8) is 0 Å². The van der Waals surface area contributed by atoms with Crippen molar-refractivity contribution in [3.05, 3.63) is 28.2 Å². The van der Waals surface area contributed by atoms with Gasteiger partial charge in [0.1, 0.15) is 0 Å². The van der Waals surface area contributed by atoms with Crippen LogP contribution in [0.15, 0.2) is 27.6 Å². The molecule has 8 heteroatoms. The Hall–Kier alpha value is -0.960. The third-order valence-corrected chi connectivity index (χ3v) is 8.40.